The number of aryl methyl sites for hydroxylation is 1. The Morgan fingerprint density at radius 2 is 1.76 bits per heavy atom. The van der Waals surface area contributed by atoms with Crippen LogP contribution in [0.1, 0.15) is 43.7 Å². The summed E-state index contributed by atoms with van der Waals surface area (Å²) in [5.74, 6) is -0.136. The second-order valence-electron chi connectivity index (χ2n) is 9.38. The van der Waals surface area contributed by atoms with Gasteiger partial charge < -0.3 is 4.90 Å². The monoisotopic (exact) mass is 479 g/mol. The van der Waals surface area contributed by atoms with Crippen LogP contribution in [-0.2, 0) is 14.8 Å². The van der Waals surface area contributed by atoms with E-state index in [1.807, 2.05) is 49.5 Å². The van der Waals surface area contributed by atoms with Crippen LogP contribution in [0, 0.1) is 6.92 Å². The zero-order valence-corrected chi connectivity index (χ0v) is 20.0. The fraction of sp³-hybridized carbons (Fsp3) is 0.400. The average molecular weight is 480 g/mol. The second kappa shape index (κ2) is 8.96. The lowest BCUT2D eigenvalue weighted by molar-refractivity contribution is -0.145. The largest absolute Gasteiger partial charge is 0.337 e. The summed E-state index contributed by atoms with van der Waals surface area (Å²) in [4.78, 5) is 15.6. The lowest BCUT2D eigenvalue weighted by Crippen LogP contribution is -2.64. The molecule has 0 bridgehead atoms. The van der Waals surface area contributed by atoms with Crippen LogP contribution in [0.4, 0.5) is 0 Å². The number of sulfonamides is 1. The SMILES string of the molecule is Cc1cccc(S(=O)(=O)NC2(C(=O)N3CC(n4cc(-c5ccccc5)nn4)C3)CCCCC2)c1. The van der Waals surface area contributed by atoms with E-state index in [-0.39, 0.29) is 16.8 Å². The van der Waals surface area contributed by atoms with Crippen LogP contribution in [0.25, 0.3) is 11.3 Å². The fourth-order valence-electron chi connectivity index (χ4n) is 4.90. The number of hydrogen-bond acceptors (Lipinski definition) is 5. The number of rotatable bonds is 6. The number of carbonyl (C=O) groups excluding carboxylic acids is 1. The Hall–Kier alpha value is -3.04. The lowest BCUT2D eigenvalue weighted by Gasteiger charge is -2.46. The minimum Gasteiger partial charge on any atom is -0.337 e. The number of nitrogens with zero attached hydrogens (tertiary/aromatic N) is 4. The summed E-state index contributed by atoms with van der Waals surface area (Å²) < 4.78 is 31.1. The van der Waals surface area contributed by atoms with Gasteiger partial charge in [-0.2, -0.15) is 4.72 Å². The number of amides is 1. The highest BCUT2D eigenvalue weighted by Gasteiger charge is 2.48. The van der Waals surface area contributed by atoms with Crippen molar-refractivity contribution in [2.24, 2.45) is 0 Å². The molecule has 1 amide bonds. The van der Waals surface area contributed by atoms with E-state index in [1.54, 1.807) is 27.8 Å². The van der Waals surface area contributed by atoms with E-state index in [9.17, 15) is 13.2 Å². The Morgan fingerprint density at radius 3 is 2.47 bits per heavy atom. The number of hydrogen-bond donors (Lipinski definition) is 1. The molecule has 5 rings (SSSR count). The molecule has 0 atom stereocenters. The van der Waals surface area contributed by atoms with Crippen molar-refractivity contribution in [2.75, 3.05) is 13.1 Å². The van der Waals surface area contributed by atoms with Crippen LogP contribution in [0.2, 0.25) is 0 Å². The minimum atomic E-state index is -3.82. The molecule has 1 aliphatic heterocycles. The lowest BCUT2D eigenvalue weighted by atomic mass is 9.80. The van der Waals surface area contributed by atoms with E-state index in [4.69, 9.17) is 0 Å². The molecule has 1 aromatic heterocycles. The van der Waals surface area contributed by atoms with Crippen molar-refractivity contribution < 1.29 is 13.2 Å². The van der Waals surface area contributed by atoms with Gasteiger partial charge in [0.25, 0.3) is 0 Å². The third kappa shape index (κ3) is 4.37. The number of nitrogens with one attached hydrogen (secondary N) is 1. The van der Waals surface area contributed by atoms with Gasteiger partial charge >= 0.3 is 0 Å². The van der Waals surface area contributed by atoms with Crippen molar-refractivity contribution in [3.63, 3.8) is 0 Å². The first kappa shape index (κ1) is 22.7. The Balaban J connectivity index is 1.31. The average Bonchev–Trinajstić information content (AvgIpc) is 3.29. The molecule has 1 aliphatic carbocycles. The van der Waals surface area contributed by atoms with Crippen molar-refractivity contribution in [1.29, 1.82) is 0 Å². The van der Waals surface area contributed by atoms with Gasteiger partial charge in [0, 0.05) is 18.7 Å². The summed E-state index contributed by atoms with van der Waals surface area (Å²) in [6.45, 7) is 2.84. The van der Waals surface area contributed by atoms with E-state index in [2.05, 4.69) is 15.0 Å². The maximum atomic E-state index is 13.6. The summed E-state index contributed by atoms with van der Waals surface area (Å²) in [6.07, 6.45) is 5.58. The molecular formula is C25H29N5O3S. The van der Waals surface area contributed by atoms with Gasteiger partial charge in [0.1, 0.15) is 11.2 Å². The minimum absolute atomic E-state index is 0.0305. The highest BCUT2D eigenvalue weighted by molar-refractivity contribution is 7.89. The van der Waals surface area contributed by atoms with Crippen LogP contribution in [-0.4, -0.2) is 52.8 Å². The molecule has 34 heavy (non-hydrogen) atoms. The predicted octanol–water partition coefficient (Wildman–Crippen LogP) is 3.32. The van der Waals surface area contributed by atoms with E-state index >= 15 is 0 Å². The van der Waals surface area contributed by atoms with Gasteiger partial charge in [0.05, 0.1) is 17.1 Å². The number of carbonyl (C=O) groups is 1. The van der Waals surface area contributed by atoms with Crippen molar-refractivity contribution >= 4 is 15.9 Å². The van der Waals surface area contributed by atoms with Gasteiger partial charge in [0.2, 0.25) is 15.9 Å². The molecular weight excluding hydrogens is 450 g/mol. The second-order valence-corrected chi connectivity index (χ2v) is 11.1. The van der Waals surface area contributed by atoms with Gasteiger partial charge in [-0.05, 0) is 37.5 Å². The first-order chi connectivity index (χ1) is 16.4. The van der Waals surface area contributed by atoms with Crippen LogP contribution in [0.15, 0.2) is 65.7 Å². The Kier molecular flexibility index (Phi) is 5.99. The van der Waals surface area contributed by atoms with Crippen molar-refractivity contribution in [3.8, 4) is 11.3 Å². The van der Waals surface area contributed by atoms with Crippen LogP contribution in [0.3, 0.4) is 0 Å². The highest BCUT2D eigenvalue weighted by atomic mass is 32.2. The Labute approximate surface area is 200 Å². The maximum Gasteiger partial charge on any atom is 0.244 e. The molecule has 0 unspecified atom stereocenters. The summed E-state index contributed by atoms with van der Waals surface area (Å²) >= 11 is 0. The molecule has 0 spiro atoms. The molecule has 2 aromatic carbocycles. The molecule has 2 aliphatic rings. The van der Waals surface area contributed by atoms with Gasteiger partial charge in [-0.3, -0.25) is 4.79 Å². The van der Waals surface area contributed by atoms with E-state index in [0.717, 1.165) is 36.1 Å². The molecule has 1 N–H and O–H groups in total. The third-order valence-electron chi connectivity index (χ3n) is 6.85. The summed E-state index contributed by atoms with van der Waals surface area (Å²) in [5, 5.41) is 8.53. The van der Waals surface area contributed by atoms with Gasteiger partial charge in [0.15, 0.2) is 0 Å². The molecule has 0 radical (unpaired) electrons. The first-order valence-electron chi connectivity index (χ1n) is 11.7. The van der Waals surface area contributed by atoms with Crippen molar-refractivity contribution in [2.45, 2.75) is 55.5 Å². The predicted molar refractivity (Wildman–Crippen MR) is 128 cm³/mol. The zero-order valence-electron chi connectivity index (χ0n) is 19.2. The highest BCUT2D eigenvalue weighted by Crippen LogP contribution is 2.35. The van der Waals surface area contributed by atoms with Crippen molar-refractivity contribution in [3.05, 3.63) is 66.4 Å². The Bertz CT molecular complexity index is 1280. The molecule has 3 aromatic rings. The summed E-state index contributed by atoms with van der Waals surface area (Å²) in [5.41, 5.74) is 1.55. The maximum absolute atomic E-state index is 13.6. The molecule has 2 fully saturated rings. The van der Waals surface area contributed by atoms with Crippen LogP contribution >= 0.6 is 0 Å². The molecule has 2 heterocycles. The molecule has 1 saturated carbocycles. The summed E-state index contributed by atoms with van der Waals surface area (Å²) in [6, 6.07) is 16.7. The Morgan fingerprint density at radius 1 is 1.03 bits per heavy atom. The zero-order chi connectivity index (χ0) is 23.8. The van der Waals surface area contributed by atoms with Crippen molar-refractivity contribution in [1.82, 2.24) is 24.6 Å². The van der Waals surface area contributed by atoms with E-state index in [0.29, 0.717) is 25.9 Å². The summed E-state index contributed by atoms with van der Waals surface area (Å²) in [7, 11) is -3.82. The van der Waals surface area contributed by atoms with E-state index in [1.165, 1.54) is 0 Å². The van der Waals surface area contributed by atoms with Gasteiger partial charge in [-0.15, -0.1) is 5.10 Å². The van der Waals surface area contributed by atoms with Crippen LogP contribution < -0.4 is 4.72 Å². The fourth-order valence-corrected chi connectivity index (χ4v) is 6.42. The molecule has 8 nitrogen and oxygen atoms in total. The number of benzene rings is 2. The molecule has 1 saturated heterocycles. The normalized spacial score (nSPS) is 18.4. The van der Waals surface area contributed by atoms with Gasteiger partial charge in [-0.1, -0.05) is 66.9 Å². The molecule has 178 valence electrons. The van der Waals surface area contributed by atoms with E-state index < -0.39 is 15.6 Å². The third-order valence-corrected chi connectivity index (χ3v) is 8.38. The molecule has 9 heteroatoms. The van der Waals surface area contributed by atoms with Crippen LogP contribution in [0.5, 0.6) is 0 Å². The standard InChI is InChI=1S/C25H29N5O3S/c1-19-9-8-12-22(15-19)34(32,33)27-25(13-6-3-7-14-25)24(31)29-16-21(17-29)30-18-23(26-28-30)20-10-4-2-5-11-20/h2,4-5,8-12,15,18,21,27H,3,6-7,13-14,16-17H2,1H3. The quantitative estimate of drug-likeness (QED) is 0.585. The number of aromatic nitrogens is 3. The van der Waals surface area contributed by atoms with Gasteiger partial charge in [-0.25, -0.2) is 13.1 Å². The smallest absolute Gasteiger partial charge is 0.244 e. The topological polar surface area (TPSA) is 97.2 Å². The first-order valence-corrected chi connectivity index (χ1v) is 13.2. The number of likely N-dealkylation sites (tertiary alicyclic amines) is 1.